The summed E-state index contributed by atoms with van der Waals surface area (Å²) < 4.78 is 11.2. The van der Waals surface area contributed by atoms with Crippen LogP contribution in [0.4, 0.5) is 0 Å². The molecule has 1 atom stereocenters. The minimum atomic E-state index is -0.0792. The summed E-state index contributed by atoms with van der Waals surface area (Å²) in [6.07, 6.45) is 0.725. The minimum absolute atomic E-state index is 0.0792. The number of aromatic nitrogens is 2. The zero-order valence-electron chi connectivity index (χ0n) is 11.5. The van der Waals surface area contributed by atoms with Gasteiger partial charge in [0.05, 0.1) is 0 Å². The van der Waals surface area contributed by atoms with Gasteiger partial charge in [-0.15, -0.1) is 10.2 Å². The maximum absolute atomic E-state index is 5.93. The van der Waals surface area contributed by atoms with Crippen LogP contribution in [-0.4, -0.2) is 10.2 Å². The molecule has 0 saturated carbocycles. The molecule has 2 aromatic rings. The van der Waals surface area contributed by atoms with Crippen LogP contribution in [0.2, 0.25) is 0 Å². The molecule has 0 amide bonds. The van der Waals surface area contributed by atoms with E-state index in [0.29, 0.717) is 11.8 Å². The van der Waals surface area contributed by atoms with Crippen LogP contribution in [0.25, 0.3) is 0 Å². The molecule has 0 unspecified atom stereocenters. The molecule has 0 saturated heterocycles. The summed E-state index contributed by atoms with van der Waals surface area (Å²) in [5, 5.41) is 7.83. The van der Waals surface area contributed by atoms with E-state index in [1.807, 2.05) is 39.0 Å². The molecule has 5 nitrogen and oxygen atoms in total. The predicted octanol–water partition coefficient (Wildman–Crippen LogP) is 2.54. The molecule has 0 bridgehead atoms. The third-order valence-corrected chi connectivity index (χ3v) is 2.82. The van der Waals surface area contributed by atoms with E-state index in [2.05, 4.69) is 10.2 Å². The van der Waals surface area contributed by atoms with Crippen LogP contribution in [0.3, 0.4) is 0 Å². The van der Waals surface area contributed by atoms with Crippen LogP contribution in [0.1, 0.15) is 42.8 Å². The van der Waals surface area contributed by atoms with E-state index in [1.54, 1.807) is 0 Å². The van der Waals surface area contributed by atoms with Gasteiger partial charge in [0.2, 0.25) is 5.89 Å². The predicted molar refractivity (Wildman–Crippen MR) is 71.8 cm³/mol. The molecular formula is C14H19N3O2. The lowest BCUT2D eigenvalue weighted by Gasteiger charge is -2.13. The Bertz CT molecular complexity index is 549. The Labute approximate surface area is 112 Å². The van der Waals surface area contributed by atoms with Gasteiger partial charge in [-0.1, -0.05) is 19.1 Å². The summed E-state index contributed by atoms with van der Waals surface area (Å²) in [5.41, 5.74) is 8.03. The van der Waals surface area contributed by atoms with Gasteiger partial charge in [-0.3, -0.25) is 0 Å². The molecule has 0 radical (unpaired) electrons. The van der Waals surface area contributed by atoms with Gasteiger partial charge < -0.3 is 14.9 Å². The summed E-state index contributed by atoms with van der Waals surface area (Å²) in [4.78, 5) is 0. The molecule has 5 heteroatoms. The quantitative estimate of drug-likeness (QED) is 0.895. The number of hydrogen-bond donors (Lipinski definition) is 1. The average molecular weight is 261 g/mol. The van der Waals surface area contributed by atoms with Crippen molar-refractivity contribution in [2.45, 2.75) is 39.8 Å². The minimum Gasteiger partial charge on any atom is -0.483 e. The summed E-state index contributed by atoms with van der Waals surface area (Å²) in [7, 11) is 0. The Hall–Kier alpha value is -1.88. The van der Waals surface area contributed by atoms with Crippen molar-refractivity contribution in [2.24, 2.45) is 5.73 Å². The summed E-state index contributed by atoms with van der Waals surface area (Å²) in [6.45, 7) is 6.17. The Morgan fingerprint density at radius 3 is 2.68 bits per heavy atom. The lowest BCUT2D eigenvalue weighted by atomic mass is 10.1. The third kappa shape index (κ3) is 3.32. The molecule has 19 heavy (non-hydrogen) atoms. The molecule has 0 spiro atoms. The topological polar surface area (TPSA) is 74.2 Å². The van der Waals surface area contributed by atoms with E-state index in [0.717, 1.165) is 23.3 Å². The van der Waals surface area contributed by atoms with Gasteiger partial charge in [-0.2, -0.15) is 0 Å². The second-order valence-electron chi connectivity index (χ2n) is 4.56. The largest absolute Gasteiger partial charge is 0.483 e. The van der Waals surface area contributed by atoms with Crippen molar-refractivity contribution in [1.29, 1.82) is 0 Å². The van der Waals surface area contributed by atoms with E-state index < -0.39 is 0 Å². The van der Waals surface area contributed by atoms with Crippen LogP contribution in [0, 0.1) is 6.92 Å². The highest BCUT2D eigenvalue weighted by molar-refractivity contribution is 5.38. The molecule has 0 fully saturated rings. The lowest BCUT2D eigenvalue weighted by Crippen LogP contribution is -2.08. The van der Waals surface area contributed by atoms with Gasteiger partial charge in [-0.05, 0) is 25.5 Å². The summed E-state index contributed by atoms with van der Waals surface area (Å²) >= 11 is 0. The van der Waals surface area contributed by atoms with E-state index in [4.69, 9.17) is 14.9 Å². The molecule has 0 aliphatic rings. The molecule has 1 aromatic heterocycles. The highest BCUT2D eigenvalue weighted by atomic mass is 16.5. The zero-order chi connectivity index (χ0) is 13.8. The van der Waals surface area contributed by atoms with Crippen LogP contribution in [0.15, 0.2) is 22.6 Å². The fraction of sp³-hybridized carbons (Fsp3) is 0.429. The van der Waals surface area contributed by atoms with Crippen molar-refractivity contribution >= 4 is 0 Å². The standard InChI is InChI=1S/C14H19N3O2/c1-4-13-16-17-14(19-13)8-18-12-7-9(2)5-6-11(12)10(3)15/h5-7,10H,4,8,15H2,1-3H3/t10-/m0/s1. The Kier molecular flexibility index (Phi) is 4.16. The van der Waals surface area contributed by atoms with E-state index in [1.165, 1.54) is 0 Å². The summed E-state index contributed by atoms with van der Waals surface area (Å²) in [5.74, 6) is 1.87. The van der Waals surface area contributed by atoms with Crippen molar-refractivity contribution in [3.63, 3.8) is 0 Å². The monoisotopic (exact) mass is 261 g/mol. The van der Waals surface area contributed by atoms with Crippen molar-refractivity contribution in [2.75, 3.05) is 0 Å². The van der Waals surface area contributed by atoms with E-state index in [-0.39, 0.29) is 12.6 Å². The highest BCUT2D eigenvalue weighted by Crippen LogP contribution is 2.25. The molecule has 2 N–H and O–H groups in total. The van der Waals surface area contributed by atoms with Crippen molar-refractivity contribution in [1.82, 2.24) is 10.2 Å². The SMILES string of the molecule is CCc1nnc(COc2cc(C)ccc2[C@H](C)N)o1. The average Bonchev–Trinajstić information content (AvgIpc) is 2.84. The first-order valence-electron chi connectivity index (χ1n) is 6.40. The first kappa shape index (κ1) is 13.5. The van der Waals surface area contributed by atoms with Crippen molar-refractivity contribution in [3.05, 3.63) is 41.1 Å². The number of aryl methyl sites for hydroxylation is 2. The molecule has 0 aliphatic carbocycles. The van der Waals surface area contributed by atoms with Crippen LogP contribution >= 0.6 is 0 Å². The van der Waals surface area contributed by atoms with Gasteiger partial charge in [0.15, 0.2) is 6.61 Å². The number of rotatable bonds is 5. The van der Waals surface area contributed by atoms with Gasteiger partial charge in [-0.25, -0.2) is 0 Å². The van der Waals surface area contributed by atoms with Gasteiger partial charge in [0, 0.05) is 18.0 Å². The molecule has 102 valence electrons. The molecular weight excluding hydrogens is 242 g/mol. The number of nitrogens with two attached hydrogens (primary N) is 1. The smallest absolute Gasteiger partial charge is 0.253 e. The molecule has 1 aromatic carbocycles. The third-order valence-electron chi connectivity index (χ3n) is 2.82. The fourth-order valence-electron chi connectivity index (χ4n) is 1.77. The van der Waals surface area contributed by atoms with Crippen LogP contribution < -0.4 is 10.5 Å². The Morgan fingerprint density at radius 1 is 1.32 bits per heavy atom. The molecule has 1 heterocycles. The van der Waals surface area contributed by atoms with Gasteiger partial charge in [0.25, 0.3) is 5.89 Å². The second kappa shape index (κ2) is 5.84. The Morgan fingerprint density at radius 2 is 2.05 bits per heavy atom. The van der Waals surface area contributed by atoms with E-state index >= 15 is 0 Å². The number of benzene rings is 1. The second-order valence-corrected chi connectivity index (χ2v) is 4.56. The van der Waals surface area contributed by atoms with Crippen LogP contribution in [0.5, 0.6) is 5.75 Å². The number of nitrogens with zero attached hydrogens (tertiary/aromatic N) is 2. The Balaban J connectivity index is 2.12. The maximum atomic E-state index is 5.93. The summed E-state index contributed by atoms with van der Waals surface area (Å²) in [6, 6.07) is 5.90. The lowest BCUT2D eigenvalue weighted by molar-refractivity contribution is 0.256. The normalized spacial score (nSPS) is 12.4. The maximum Gasteiger partial charge on any atom is 0.253 e. The highest BCUT2D eigenvalue weighted by Gasteiger charge is 2.10. The number of ether oxygens (including phenoxy) is 1. The van der Waals surface area contributed by atoms with Crippen LogP contribution in [-0.2, 0) is 13.0 Å². The molecule has 2 rings (SSSR count). The van der Waals surface area contributed by atoms with Gasteiger partial charge >= 0.3 is 0 Å². The fourth-order valence-corrected chi connectivity index (χ4v) is 1.77. The first-order valence-corrected chi connectivity index (χ1v) is 6.40. The van der Waals surface area contributed by atoms with Crippen molar-refractivity contribution in [3.8, 4) is 5.75 Å². The molecule has 0 aliphatic heterocycles. The van der Waals surface area contributed by atoms with Crippen molar-refractivity contribution < 1.29 is 9.15 Å². The van der Waals surface area contributed by atoms with Gasteiger partial charge in [0.1, 0.15) is 5.75 Å². The van der Waals surface area contributed by atoms with E-state index in [9.17, 15) is 0 Å². The number of hydrogen-bond acceptors (Lipinski definition) is 5. The first-order chi connectivity index (χ1) is 9.10. The zero-order valence-corrected chi connectivity index (χ0v) is 11.5.